The SMILES string of the molecule is COC(=O)C(Cc1cc(Br)sc1Br)NC(=O)C1=Cc2ccccc2CN(S(=O)(=O)c2ccc(C)cc2)C1. The van der Waals surface area contributed by atoms with E-state index in [9.17, 15) is 18.0 Å². The van der Waals surface area contributed by atoms with Gasteiger partial charge in [0, 0.05) is 25.1 Å². The molecule has 0 bridgehead atoms. The number of sulfonamides is 1. The van der Waals surface area contributed by atoms with Gasteiger partial charge in [0.1, 0.15) is 6.04 Å². The number of halogens is 2. The Morgan fingerprint density at radius 1 is 1.11 bits per heavy atom. The van der Waals surface area contributed by atoms with E-state index in [0.29, 0.717) is 0 Å². The fourth-order valence-corrected chi connectivity index (χ4v) is 8.23. The van der Waals surface area contributed by atoms with Gasteiger partial charge in [-0.25, -0.2) is 13.2 Å². The van der Waals surface area contributed by atoms with Crippen molar-refractivity contribution in [3.63, 3.8) is 0 Å². The van der Waals surface area contributed by atoms with Crippen LogP contribution < -0.4 is 5.32 Å². The zero-order valence-corrected chi connectivity index (χ0v) is 24.8. The Labute approximate surface area is 236 Å². The Morgan fingerprint density at radius 2 is 1.81 bits per heavy atom. The lowest BCUT2D eigenvalue weighted by Crippen LogP contribution is -2.45. The van der Waals surface area contributed by atoms with Crippen molar-refractivity contribution in [2.45, 2.75) is 30.8 Å². The molecule has 0 radical (unpaired) electrons. The van der Waals surface area contributed by atoms with Crippen molar-refractivity contribution in [1.29, 1.82) is 0 Å². The molecule has 1 N–H and O–H groups in total. The van der Waals surface area contributed by atoms with Crippen LogP contribution in [0, 0.1) is 6.92 Å². The predicted molar refractivity (Wildman–Crippen MR) is 151 cm³/mol. The van der Waals surface area contributed by atoms with Gasteiger partial charge in [-0.15, -0.1) is 11.3 Å². The van der Waals surface area contributed by atoms with E-state index < -0.39 is 27.9 Å². The molecule has 3 aromatic rings. The Balaban J connectivity index is 1.66. The lowest BCUT2D eigenvalue weighted by molar-refractivity contribution is -0.144. The molecule has 0 fully saturated rings. The number of hydrogen-bond donors (Lipinski definition) is 1. The van der Waals surface area contributed by atoms with Gasteiger partial charge in [0.05, 0.1) is 19.6 Å². The van der Waals surface area contributed by atoms with E-state index in [2.05, 4.69) is 37.2 Å². The second kappa shape index (κ2) is 11.6. The Bertz CT molecular complexity index is 1470. The van der Waals surface area contributed by atoms with Crippen LogP contribution in [0.1, 0.15) is 22.3 Å². The third-order valence-electron chi connectivity index (χ3n) is 5.97. The van der Waals surface area contributed by atoms with Gasteiger partial charge in [0.15, 0.2) is 0 Å². The highest BCUT2D eigenvalue weighted by Crippen LogP contribution is 2.33. The third kappa shape index (κ3) is 6.40. The van der Waals surface area contributed by atoms with E-state index in [1.54, 1.807) is 30.3 Å². The monoisotopic (exact) mass is 666 g/mol. The highest BCUT2D eigenvalue weighted by molar-refractivity contribution is 9.12. The zero-order valence-electron chi connectivity index (χ0n) is 20.0. The minimum Gasteiger partial charge on any atom is -0.467 e. The predicted octanol–water partition coefficient (Wildman–Crippen LogP) is 5.07. The van der Waals surface area contributed by atoms with E-state index in [0.717, 1.165) is 29.8 Å². The second-order valence-electron chi connectivity index (χ2n) is 8.56. The molecule has 2 heterocycles. The summed E-state index contributed by atoms with van der Waals surface area (Å²) in [6.07, 6.45) is 1.89. The summed E-state index contributed by atoms with van der Waals surface area (Å²) >= 11 is 8.37. The van der Waals surface area contributed by atoms with Crippen molar-refractivity contribution in [3.8, 4) is 0 Å². The van der Waals surface area contributed by atoms with E-state index >= 15 is 0 Å². The molecule has 1 amide bonds. The molecule has 1 unspecified atom stereocenters. The minimum atomic E-state index is -3.90. The lowest BCUT2D eigenvalue weighted by Gasteiger charge is -2.23. The minimum absolute atomic E-state index is 0.107. The molecule has 1 aromatic heterocycles. The summed E-state index contributed by atoms with van der Waals surface area (Å²) in [5.74, 6) is -1.14. The molecule has 1 aliphatic rings. The molecule has 11 heteroatoms. The van der Waals surface area contributed by atoms with Gasteiger partial charge in [0.2, 0.25) is 15.9 Å². The average molecular weight is 668 g/mol. The maximum Gasteiger partial charge on any atom is 0.328 e. The highest BCUT2D eigenvalue weighted by atomic mass is 79.9. The molecule has 1 atom stereocenters. The number of benzene rings is 2. The zero-order chi connectivity index (χ0) is 26.7. The quantitative estimate of drug-likeness (QED) is 0.355. The Morgan fingerprint density at radius 3 is 2.46 bits per heavy atom. The lowest BCUT2D eigenvalue weighted by atomic mass is 10.1. The number of hydrogen-bond acceptors (Lipinski definition) is 6. The fourth-order valence-electron chi connectivity index (χ4n) is 3.97. The van der Waals surface area contributed by atoms with E-state index in [1.807, 2.05) is 37.3 Å². The van der Waals surface area contributed by atoms with E-state index in [1.165, 1.54) is 22.8 Å². The molecule has 2 aromatic carbocycles. The number of ether oxygens (including phenoxy) is 1. The molecule has 7 nitrogen and oxygen atoms in total. The number of esters is 1. The summed E-state index contributed by atoms with van der Waals surface area (Å²) in [5, 5.41) is 2.77. The average Bonchev–Trinajstić information content (AvgIpc) is 3.06. The number of amides is 1. The summed E-state index contributed by atoms with van der Waals surface area (Å²) < 4.78 is 35.1. The molecule has 0 saturated carbocycles. The topological polar surface area (TPSA) is 92.8 Å². The summed E-state index contributed by atoms with van der Waals surface area (Å²) in [6.45, 7) is 1.84. The number of carbonyl (C=O) groups is 2. The molecule has 0 saturated heterocycles. The smallest absolute Gasteiger partial charge is 0.328 e. The number of thiophene rings is 1. The van der Waals surface area contributed by atoms with Crippen LogP contribution in [-0.4, -0.2) is 44.3 Å². The first-order valence-electron chi connectivity index (χ1n) is 11.3. The molecule has 37 heavy (non-hydrogen) atoms. The summed E-state index contributed by atoms with van der Waals surface area (Å²) in [7, 11) is -2.64. The van der Waals surface area contributed by atoms with Crippen LogP contribution in [0.25, 0.3) is 6.08 Å². The number of aryl methyl sites for hydroxylation is 1. The van der Waals surface area contributed by atoms with Crippen LogP contribution in [0.4, 0.5) is 0 Å². The molecule has 1 aliphatic heterocycles. The maximum atomic E-state index is 13.6. The first-order valence-corrected chi connectivity index (χ1v) is 15.1. The van der Waals surface area contributed by atoms with Gasteiger partial charge in [-0.3, -0.25) is 4.79 Å². The molecule has 0 spiro atoms. The molecular weight excluding hydrogens is 644 g/mol. The normalized spacial score (nSPS) is 14.8. The third-order valence-corrected chi connectivity index (χ3v) is 10.2. The fraction of sp³-hybridized carbons (Fsp3) is 0.231. The number of nitrogens with zero attached hydrogens (tertiary/aromatic N) is 1. The van der Waals surface area contributed by atoms with Crippen LogP contribution in [0.2, 0.25) is 0 Å². The number of methoxy groups -OCH3 is 1. The number of carbonyl (C=O) groups excluding carboxylic acids is 2. The standard InChI is InChI=1S/C26H24Br2N2O5S2/c1-16-7-9-21(10-8-16)37(33,34)30-14-18-6-4-3-5-17(18)11-20(15-30)25(31)29-22(26(32)35-2)12-19-13-23(27)36-24(19)28/h3-11,13,22H,12,14-15H2,1-2H3,(H,29,31). The first kappa shape index (κ1) is 27.7. The largest absolute Gasteiger partial charge is 0.467 e. The second-order valence-corrected chi connectivity index (χ2v) is 14.2. The Kier molecular flexibility index (Phi) is 8.70. The van der Waals surface area contributed by atoms with Crippen LogP contribution >= 0.6 is 43.2 Å². The van der Waals surface area contributed by atoms with Crippen LogP contribution in [-0.2, 0) is 37.3 Å². The first-order chi connectivity index (χ1) is 17.6. The van der Waals surface area contributed by atoms with Gasteiger partial charge < -0.3 is 10.1 Å². The van der Waals surface area contributed by atoms with Crippen LogP contribution in [0.15, 0.2) is 72.6 Å². The highest BCUT2D eigenvalue weighted by Gasteiger charge is 2.32. The number of fused-ring (bicyclic) bond motifs is 1. The van der Waals surface area contributed by atoms with Crippen molar-refractivity contribution in [2.75, 3.05) is 13.7 Å². The van der Waals surface area contributed by atoms with E-state index in [4.69, 9.17) is 4.74 Å². The summed E-state index contributed by atoms with van der Waals surface area (Å²) in [6, 6.07) is 14.9. The van der Waals surface area contributed by atoms with Crippen molar-refractivity contribution >= 4 is 71.2 Å². The number of rotatable bonds is 7. The van der Waals surface area contributed by atoms with Crippen LogP contribution in [0.5, 0.6) is 0 Å². The van der Waals surface area contributed by atoms with Crippen molar-refractivity contribution in [1.82, 2.24) is 9.62 Å². The van der Waals surface area contributed by atoms with Gasteiger partial charge in [-0.1, -0.05) is 42.0 Å². The van der Waals surface area contributed by atoms with Gasteiger partial charge in [-0.05, 0) is 79.7 Å². The van der Waals surface area contributed by atoms with Crippen LogP contribution in [0.3, 0.4) is 0 Å². The molecule has 194 valence electrons. The van der Waals surface area contributed by atoms with Crippen molar-refractivity contribution < 1.29 is 22.7 Å². The van der Waals surface area contributed by atoms with Gasteiger partial charge in [-0.2, -0.15) is 4.31 Å². The van der Waals surface area contributed by atoms with Gasteiger partial charge >= 0.3 is 5.97 Å². The maximum absolute atomic E-state index is 13.6. The van der Waals surface area contributed by atoms with Crippen molar-refractivity contribution in [2.24, 2.45) is 0 Å². The molecule has 4 rings (SSSR count). The van der Waals surface area contributed by atoms with E-state index in [-0.39, 0.29) is 30.0 Å². The summed E-state index contributed by atoms with van der Waals surface area (Å²) in [5.41, 5.74) is 3.51. The number of nitrogens with one attached hydrogen (secondary N) is 1. The molecular formula is C26H24Br2N2O5S2. The molecule has 0 aliphatic carbocycles. The Hall–Kier alpha value is -2.31. The summed E-state index contributed by atoms with van der Waals surface area (Å²) in [4.78, 5) is 26.2. The van der Waals surface area contributed by atoms with Crippen molar-refractivity contribution in [3.05, 3.63) is 90.0 Å². The van der Waals surface area contributed by atoms with Gasteiger partial charge in [0.25, 0.3) is 0 Å².